The van der Waals surface area contributed by atoms with E-state index in [4.69, 9.17) is 23.9 Å². The lowest BCUT2D eigenvalue weighted by atomic mass is 9.75. The van der Waals surface area contributed by atoms with Crippen molar-refractivity contribution in [2.24, 2.45) is 10.4 Å². The van der Waals surface area contributed by atoms with Crippen LogP contribution in [0.15, 0.2) is 40.6 Å². The number of Topliss-reactive ketones (excluding diaryl/α,β-unsaturated/α-hetero) is 1. The summed E-state index contributed by atoms with van der Waals surface area (Å²) < 4.78 is 22.4. The van der Waals surface area contributed by atoms with Crippen molar-refractivity contribution in [2.75, 3.05) is 71.7 Å². The number of thioether (sulfide) groups is 1. The monoisotopic (exact) mass is 732 g/mol. The summed E-state index contributed by atoms with van der Waals surface area (Å²) in [7, 11) is 0. The first kappa shape index (κ1) is 40.6. The third-order valence-corrected chi connectivity index (χ3v) is 10.5. The number of ether oxygens (including phenoxy) is 4. The molecule has 4 rings (SSSR count). The van der Waals surface area contributed by atoms with Crippen molar-refractivity contribution in [3.8, 4) is 5.75 Å². The van der Waals surface area contributed by atoms with Gasteiger partial charge < -0.3 is 45.1 Å². The zero-order valence-corrected chi connectivity index (χ0v) is 30.9. The minimum atomic E-state index is -0.289. The number of benzene rings is 1. The number of allylic oxidation sites excluding steroid dienone is 2. The maximum absolute atomic E-state index is 13.0. The number of aliphatic hydroxyl groups excluding tert-OH is 1. The van der Waals surface area contributed by atoms with E-state index in [1.807, 2.05) is 37.7 Å². The van der Waals surface area contributed by atoms with Gasteiger partial charge in [0, 0.05) is 49.8 Å². The number of unbranched alkanes of at least 4 members (excludes halogenated alkanes) is 1. The zero-order valence-electron chi connectivity index (χ0n) is 30.1. The molecule has 3 aliphatic rings. The molecule has 2 heterocycles. The van der Waals surface area contributed by atoms with Gasteiger partial charge in [0.1, 0.15) is 11.5 Å². The fourth-order valence-electron chi connectivity index (χ4n) is 6.44. The van der Waals surface area contributed by atoms with Gasteiger partial charge in [-0.2, -0.15) is 11.8 Å². The number of rotatable bonds is 24. The van der Waals surface area contributed by atoms with Crippen LogP contribution in [-0.2, 0) is 35.0 Å². The van der Waals surface area contributed by atoms with Crippen molar-refractivity contribution < 1.29 is 43.5 Å². The van der Waals surface area contributed by atoms with Crippen LogP contribution in [0.2, 0.25) is 0 Å². The van der Waals surface area contributed by atoms with Gasteiger partial charge in [-0.25, -0.2) is 4.79 Å². The topological polar surface area (TPSA) is 177 Å². The molecule has 1 aromatic carbocycles. The van der Waals surface area contributed by atoms with E-state index in [-0.39, 0.29) is 46.7 Å². The standard InChI is InChI=1S/C37H56N4O9S/c1-37(2)23-30(43)34(31(44)24-37)28(38-13-11-26-7-9-27(42)10-8-26)12-15-47-17-19-49-21-22-50-20-18-48-16-14-39-33(45)6-4-3-5-32-35-29(25-51-32)40-36(46)41-35/h7-10,29,32,35,42-43H,3-6,11-25H2,1-2H3,(H,39,45)(H2,40,41,46)/t29-,32-,35-/m0/s1. The number of fused-ring (bicyclic) bond motifs is 1. The smallest absolute Gasteiger partial charge is 0.315 e. The minimum Gasteiger partial charge on any atom is -0.511 e. The van der Waals surface area contributed by atoms with Crippen LogP contribution in [0.4, 0.5) is 4.79 Å². The van der Waals surface area contributed by atoms with Gasteiger partial charge in [-0.05, 0) is 42.4 Å². The Labute approximate surface area is 305 Å². The summed E-state index contributed by atoms with van der Waals surface area (Å²) in [5.41, 5.74) is 1.62. The number of urea groups is 1. The van der Waals surface area contributed by atoms with Gasteiger partial charge in [0.2, 0.25) is 5.91 Å². The summed E-state index contributed by atoms with van der Waals surface area (Å²) in [5.74, 6) is 1.18. The van der Waals surface area contributed by atoms with Crippen LogP contribution in [0.3, 0.4) is 0 Å². The van der Waals surface area contributed by atoms with Crippen LogP contribution in [0, 0.1) is 5.41 Å². The molecule has 0 unspecified atom stereocenters. The van der Waals surface area contributed by atoms with E-state index >= 15 is 0 Å². The molecular weight excluding hydrogens is 676 g/mol. The number of aromatic hydroxyl groups is 1. The summed E-state index contributed by atoms with van der Waals surface area (Å²) in [6.07, 6.45) is 5.10. The molecule has 2 aliphatic heterocycles. The summed E-state index contributed by atoms with van der Waals surface area (Å²) in [6, 6.07) is 7.33. The average molecular weight is 733 g/mol. The Balaban J connectivity index is 0.972. The van der Waals surface area contributed by atoms with Crippen molar-refractivity contribution in [3.63, 3.8) is 0 Å². The second-order valence-corrected chi connectivity index (χ2v) is 15.2. The average Bonchev–Trinajstić information content (AvgIpc) is 3.63. The first-order chi connectivity index (χ1) is 24.6. The summed E-state index contributed by atoms with van der Waals surface area (Å²) in [4.78, 5) is 41.3. The van der Waals surface area contributed by atoms with Crippen molar-refractivity contribution in [1.29, 1.82) is 0 Å². The number of phenolic OH excluding ortho intramolecular Hbond substituents is 1. The Kier molecular flexibility index (Phi) is 17.0. The number of hydrogen-bond acceptors (Lipinski definition) is 11. The molecule has 0 radical (unpaired) electrons. The van der Waals surface area contributed by atoms with Gasteiger partial charge in [0.05, 0.1) is 76.2 Å². The van der Waals surface area contributed by atoms with E-state index in [1.54, 1.807) is 12.1 Å². The van der Waals surface area contributed by atoms with E-state index in [0.29, 0.717) is 115 Å². The van der Waals surface area contributed by atoms with Crippen LogP contribution in [0.5, 0.6) is 5.75 Å². The van der Waals surface area contributed by atoms with E-state index in [0.717, 1.165) is 30.6 Å². The van der Waals surface area contributed by atoms with Gasteiger partial charge in [-0.3, -0.25) is 14.6 Å². The second-order valence-electron chi connectivity index (χ2n) is 13.9. The van der Waals surface area contributed by atoms with Gasteiger partial charge >= 0.3 is 6.03 Å². The second kappa shape index (κ2) is 21.4. The molecule has 0 aromatic heterocycles. The number of hydrogen-bond donors (Lipinski definition) is 5. The van der Waals surface area contributed by atoms with Crippen LogP contribution >= 0.6 is 11.8 Å². The normalized spacial score (nSPS) is 21.5. The Morgan fingerprint density at radius 1 is 0.902 bits per heavy atom. The van der Waals surface area contributed by atoms with Crippen LogP contribution < -0.4 is 16.0 Å². The third-order valence-electron chi connectivity index (χ3n) is 9.03. The van der Waals surface area contributed by atoms with E-state index in [9.17, 15) is 24.6 Å². The molecule has 0 saturated carbocycles. The maximum Gasteiger partial charge on any atom is 0.315 e. The quantitative estimate of drug-likeness (QED) is 0.0596. The summed E-state index contributed by atoms with van der Waals surface area (Å²) in [5, 5.41) is 29.5. The molecule has 2 fully saturated rings. The van der Waals surface area contributed by atoms with Crippen molar-refractivity contribution in [1.82, 2.24) is 16.0 Å². The lowest BCUT2D eigenvalue weighted by molar-refractivity contribution is -0.121. The molecule has 0 spiro atoms. The Hall–Kier alpha value is -3.17. The molecular formula is C37H56N4O9S. The molecule has 2 saturated heterocycles. The first-order valence-electron chi connectivity index (χ1n) is 18.1. The minimum absolute atomic E-state index is 0.0273. The van der Waals surface area contributed by atoms with Crippen molar-refractivity contribution in [2.45, 2.75) is 82.5 Å². The Bertz CT molecular complexity index is 1340. The maximum atomic E-state index is 13.0. The first-order valence-corrected chi connectivity index (χ1v) is 19.2. The van der Waals surface area contributed by atoms with E-state index in [1.165, 1.54) is 0 Å². The third kappa shape index (κ3) is 14.4. The van der Waals surface area contributed by atoms with Gasteiger partial charge in [0.15, 0.2) is 5.78 Å². The van der Waals surface area contributed by atoms with Gasteiger partial charge in [-0.15, -0.1) is 0 Å². The molecule has 1 aromatic rings. The highest BCUT2D eigenvalue weighted by Crippen LogP contribution is 2.36. The summed E-state index contributed by atoms with van der Waals surface area (Å²) >= 11 is 1.89. The van der Waals surface area contributed by atoms with Crippen LogP contribution in [0.25, 0.3) is 0 Å². The van der Waals surface area contributed by atoms with E-state index < -0.39 is 0 Å². The molecule has 51 heavy (non-hydrogen) atoms. The molecule has 3 atom stereocenters. The predicted octanol–water partition coefficient (Wildman–Crippen LogP) is 3.88. The number of carbonyl (C=O) groups is 3. The molecule has 0 bridgehead atoms. The van der Waals surface area contributed by atoms with Crippen LogP contribution in [-0.4, -0.2) is 123 Å². The fraction of sp³-hybridized carbons (Fsp3) is 0.676. The highest BCUT2D eigenvalue weighted by molar-refractivity contribution is 8.00. The SMILES string of the molecule is CC1(C)CC(=O)C(C(CCOCCOCCOCCOCCNC(=O)CCCC[C@@H]2SC[C@@H]3NC(=O)N[C@@H]32)=NCCc2ccc(O)cc2)=C(O)C1. The lowest BCUT2D eigenvalue weighted by Gasteiger charge is -2.30. The Morgan fingerprint density at radius 2 is 1.57 bits per heavy atom. The number of ketones is 1. The highest BCUT2D eigenvalue weighted by Gasteiger charge is 2.42. The fourth-order valence-corrected chi connectivity index (χ4v) is 7.98. The molecule has 284 valence electrons. The van der Waals surface area contributed by atoms with Crippen molar-refractivity contribution in [3.05, 3.63) is 41.2 Å². The van der Waals surface area contributed by atoms with Gasteiger partial charge in [-0.1, -0.05) is 32.4 Å². The van der Waals surface area contributed by atoms with Crippen LogP contribution in [0.1, 0.15) is 64.4 Å². The molecule has 5 N–H and O–H groups in total. The lowest BCUT2D eigenvalue weighted by Crippen LogP contribution is -2.36. The van der Waals surface area contributed by atoms with E-state index in [2.05, 4.69) is 16.0 Å². The molecule has 3 amide bonds. The van der Waals surface area contributed by atoms with Crippen molar-refractivity contribution >= 4 is 35.2 Å². The number of aliphatic hydroxyl groups is 1. The number of nitrogens with one attached hydrogen (secondary N) is 3. The predicted molar refractivity (Wildman–Crippen MR) is 197 cm³/mol. The molecule has 1 aliphatic carbocycles. The number of amides is 3. The summed E-state index contributed by atoms with van der Waals surface area (Å²) in [6.45, 7) is 8.07. The number of phenols is 1. The largest absolute Gasteiger partial charge is 0.511 e. The molecule has 13 nitrogen and oxygen atoms in total. The number of nitrogens with zero attached hydrogens (tertiary/aromatic N) is 1. The molecule has 14 heteroatoms. The van der Waals surface area contributed by atoms with Gasteiger partial charge in [0.25, 0.3) is 0 Å². The number of carbonyl (C=O) groups excluding carboxylic acids is 3. The zero-order chi connectivity index (χ0) is 36.5. The highest BCUT2D eigenvalue weighted by atomic mass is 32.2. The Morgan fingerprint density at radius 3 is 2.25 bits per heavy atom. The number of aliphatic imine (C=N–C) groups is 1.